The van der Waals surface area contributed by atoms with Gasteiger partial charge in [-0.1, -0.05) is 6.08 Å². The van der Waals surface area contributed by atoms with E-state index in [1.54, 1.807) is 0 Å². The van der Waals surface area contributed by atoms with Gasteiger partial charge in [0.15, 0.2) is 5.96 Å². The molecule has 106 valence electrons. The number of fused-ring (bicyclic) bond motifs is 1. The van der Waals surface area contributed by atoms with Crippen molar-refractivity contribution < 1.29 is 8.78 Å². The number of halogens is 2. The molecule has 0 atom stereocenters. The van der Waals surface area contributed by atoms with Crippen molar-refractivity contribution in [2.45, 2.75) is 12.8 Å². The SMILES string of the molecule is NC(N)=NC(N)=NCCC1=CCc2cc(F)cc(F)c21. The van der Waals surface area contributed by atoms with Crippen LogP contribution in [0.15, 0.2) is 28.2 Å². The van der Waals surface area contributed by atoms with E-state index in [0.717, 1.165) is 11.6 Å². The molecule has 1 aliphatic carbocycles. The average Bonchev–Trinajstić information content (AvgIpc) is 2.71. The summed E-state index contributed by atoms with van der Waals surface area (Å²) in [6.07, 6.45) is 2.86. The number of nitrogens with two attached hydrogens (primary N) is 3. The van der Waals surface area contributed by atoms with Gasteiger partial charge < -0.3 is 17.2 Å². The number of rotatable bonds is 3. The molecule has 0 radical (unpaired) electrons. The smallest absolute Gasteiger partial charge is 0.218 e. The third-order valence-electron chi connectivity index (χ3n) is 2.92. The molecule has 0 saturated heterocycles. The molecule has 0 heterocycles. The fourth-order valence-electron chi connectivity index (χ4n) is 2.17. The van der Waals surface area contributed by atoms with E-state index in [1.807, 2.05) is 6.08 Å². The minimum Gasteiger partial charge on any atom is -0.370 e. The van der Waals surface area contributed by atoms with Crippen LogP contribution in [-0.2, 0) is 6.42 Å². The van der Waals surface area contributed by atoms with Gasteiger partial charge in [0, 0.05) is 18.2 Å². The van der Waals surface area contributed by atoms with Crippen molar-refractivity contribution in [3.05, 3.63) is 41.0 Å². The molecule has 20 heavy (non-hydrogen) atoms. The van der Waals surface area contributed by atoms with Gasteiger partial charge in [-0.05, 0) is 30.0 Å². The molecule has 2 rings (SSSR count). The zero-order chi connectivity index (χ0) is 14.7. The molecule has 0 aliphatic heterocycles. The maximum absolute atomic E-state index is 13.8. The number of nitrogens with zero attached hydrogens (tertiary/aromatic N) is 2. The van der Waals surface area contributed by atoms with Gasteiger partial charge in [-0.15, -0.1) is 0 Å². The maximum atomic E-state index is 13.8. The van der Waals surface area contributed by atoms with Gasteiger partial charge in [0.25, 0.3) is 0 Å². The molecule has 5 nitrogen and oxygen atoms in total. The van der Waals surface area contributed by atoms with E-state index in [0.29, 0.717) is 30.5 Å². The van der Waals surface area contributed by atoms with Crippen LogP contribution in [0.5, 0.6) is 0 Å². The van der Waals surface area contributed by atoms with Crippen molar-refractivity contribution in [1.82, 2.24) is 0 Å². The number of hydrogen-bond donors (Lipinski definition) is 3. The number of benzene rings is 1. The molecule has 0 fully saturated rings. The third kappa shape index (κ3) is 3.11. The second-order valence-electron chi connectivity index (χ2n) is 4.38. The lowest BCUT2D eigenvalue weighted by Crippen LogP contribution is -2.26. The van der Waals surface area contributed by atoms with Crippen LogP contribution in [0.25, 0.3) is 5.57 Å². The summed E-state index contributed by atoms with van der Waals surface area (Å²) in [6.45, 7) is 0.324. The van der Waals surface area contributed by atoms with E-state index in [-0.39, 0.29) is 11.9 Å². The van der Waals surface area contributed by atoms with Crippen LogP contribution in [0.2, 0.25) is 0 Å². The Morgan fingerprint density at radius 1 is 1.20 bits per heavy atom. The molecule has 0 aromatic heterocycles. The Bertz CT molecular complexity index is 615. The summed E-state index contributed by atoms with van der Waals surface area (Å²) < 4.78 is 26.9. The highest BCUT2D eigenvalue weighted by atomic mass is 19.1. The summed E-state index contributed by atoms with van der Waals surface area (Å²) in [7, 11) is 0. The molecular weight excluding hydrogens is 264 g/mol. The molecule has 0 amide bonds. The molecule has 7 heteroatoms. The van der Waals surface area contributed by atoms with Crippen molar-refractivity contribution in [3.8, 4) is 0 Å². The minimum absolute atomic E-state index is 0.0246. The van der Waals surface area contributed by atoms with E-state index in [9.17, 15) is 8.78 Å². The Balaban J connectivity index is 2.07. The van der Waals surface area contributed by atoms with Crippen LogP contribution in [0.1, 0.15) is 17.5 Å². The molecule has 0 spiro atoms. The van der Waals surface area contributed by atoms with Crippen molar-refractivity contribution in [2.24, 2.45) is 27.2 Å². The topological polar surface area (TPSA) is 103 Å². The lowest BCUT2D eigenvalue weighted by Gasteiger charge is -2.06. The largest absolute Gasteiger partial charge is 0.370 e. The second kappa shape index (κ2) is 5.68. The van der Waals surface area contributed by atoms with E-state index in [4.69, 9.17) is 17.2 Å². The van der Waals surface area contributed by atoms with E-state index in [1.165, 1.54) is 6.07 Å². The minimum atomic E-state index is -0.564. The van der Waals surface area contributed by atoms with Gasteiger partial charge in [-0.25, -0.2) is 8.78 Å². The third-order valence-corrected chi connectivity index (χ3v) is 2.92. The van der Waals surface area contributed by atoms with Crippen LogP contribution >= 0.6 is 0 Å². The summed E-state index contributed by atoms with van der Waals surface area (Å²) in [5.41, 5.74) is 17.7. The first-order valence-electron chi connectivity index (χ1n) is 6.04. The summed E-state index contributed by atoms with van der Waals surface area (Å²) >= 11 is 0. The standard InChI is InChI=1S/C13H15F2N5/c14-9-5-8-2-1-7(11(8)10(15)6-9)3-4-19-13(18)20-12(16)17/h1,5-6H,2-4H2,(H6,16,17,18,19,20). The Morgan fingerprint density at radius 2 is 1.95 bits per heavy atom. The Hall–Kier alpha value is -2.44. The zero-order valence-corrected chi connectivity index (χ0v) is 10.7. The van der Waals surface area contributed by atoms with Gasteiger partial charge in [-0.2, -0.15) is 4.99 Å². The molecule has 0 unspecified atom stereocenters. The van der Waals surface area contributed by atoms with Gasteiger partial charge in [0.05, 0.1) is 0 Å². The van der Waals surface area contributed by atoms with E-state index < -0.39 is 11.6 Å². The molecule has 6 N–H and O–H groups in total. The molecule has 0 saturated carbocycles. The first kappa shape index (κ1) is 14.0. The maximum Gasteiger partial charge on any atom is 0.218 e. The van der Waals surface area contributed by atoms with Crippen LogP contribution < -0.4 is 17.2 Å². The van der Waals surface area contributed by atoms with Crippen LogP contribution in [0, 0.1) is 11.6 Å². The van der Waals surface area contributed by atoms with Crippen LogP contribution in [0.3, 0.4) is 0 Å². The summed E-state index contributed by atoms with van der Waals surface area (Å²) in [5.74, 6) is -1.31. The number of allylic oxidation sites excluding steroid dienone is 1. The molecule has 1 aromatic carbocycles. The molecule has 1 aliphatic rings. The molecule has 1 aromatic rings. The zero-order valence-electron chi connectivity index (χ0n) is 10.7. The van der Waals surface area contributed by atoms with Gasteiger partial charge in [0.1, 0.15) is 11.6 Å². The predicted octanol–water partition coefficient (Wildman–Crippen LogP) is 0.883. The van der Waals surface area contributed by atoms with E-state index in [2.05, 4.69) is 9.98 Å². The molecule has 0 bridgehead atoms. The van der Waals surface area contributed by atoms with Gasteiger partial charge >= 0.3 is 0 Å². The van der Waals surface area contributed by atoms with Crippen molar-refractivity contribution in [2.75, 3.05) is 6.54 Å². The average molecular weight is 279 g/mol. The highest BCUT2D eigenvalue weighted by Crippen LogP contribution is 2.32. The second-order valence-corrected chi connectivity index (χ2v) is 4.38. The van der Waals surface area contributed by atoms with E-state index >= 15 is 0 Å². The number of guanidine groups is 2. The highest BCUT2D eigenvalue weighted by molar-refractivity contribution is 5.92. The first-order valence-corrected chi connectivity index (χ1v) is 6.04. The number of hydrogen-bond acceptors (Lipinski definition) is 1. The number of aliphatic imine (C=N–C) groups is 2. The predicted molar refractivity (Wildman–Crippen MR) is 75.0 cm³/mol. The monoisotopic (exact) mass is 279 g/mol. The van der Waals surface area contributed by atoms with Crippen LogP contribution in [-0.4, -0.2) is 18.5 Å². The normalized spacial score (nSPS) is 13.9. The highest BCUT2D eigenvalue weighted by Gasteiger charge is 2.19. The summed E-state index contributed by atoms with van der Waals surface area (Å²) in [4.78, 5) is 7.53. The fourth-order valence-corrected chi connectivity index (χ4v) is 2.17. The van der Waals surface area contributed by atoms with Crippen LogP contribution in [0.4, 0.5) is 8.78 Å². The lowest BCUT2D eigenvalue weighted by molar-refractivity contribution is 0.578. The summed E-state index contributed by atoms with van der Waals surface area (Å²) in [6, 6.07) is 2.23. The van der Waals surface area contributed by atoms with Crippen molar-refractivity contribution in [1.29, 1.82) is 0 Å². The Labute approximate surface area is 114 Å². The molecular formula is C13H15F2N5. The van der Waals surface area contributed by atoms with Crippen molar-refractivity contribution in [3.63, 3.8) is 0 Å². The van der Waals surface area contributed by atoms with Crippen molar-refractivity contribution >= 4 is 17.5 Å². The van der Waals surface area contributed by atoms with Gasteiger partial charge in [0.2, 0.25) is 5.96 Å². The summed E-state index contributed by atoms with van der Waals surface area (Å²) in [5, 5.41) is 0. The first-order chi connectivity index (χ1) is 9.47. The van der Waals surface area contributed by atoms with Gasteiger partial charge in [-0.3, -0.25) is 4.99 Å². The Kier molecular flexibility index (Phi) is 3.97. The lowest BCUT2D eigenvalue weighted by atomic mass is 10.0. The quantitative estimate of drug-likeness (QED) is 0.565. The Morgan fingerprint density at radius 3 is 2.65 bits per heavy atom. The fraction of sp³-hybridized carbons (Fsp3) is 0.231.